The molecule has 0 aliphatic heterocycles. The number of rotatable bonds is 5. The highest BCUT2D eigenvalue weighted by Crippen LogP contribution is 2.17. The van der Waals surface area contributed by atoms with E-state index >= 15 is 0 Å². The standard InChI is InChI=1S/C17H21N5O/c1-4-7-22-10-14(12(3)21-22)17(23)18-9-16-13-8-11(2)5-6-15(13)19-20-16/h5-6,8,10H,4,7,9H2,1-3H3,(H,18,23)(H,19,20). The Hall–Kier alpha value is -2.63. The first kappa shape index (κ1) is 15.3. The second-order valence-corrected chi connectivity index (χ2v) is 5.80. The van der Waals surface area contributed by atoms with E-state index in [4.69, 9.17) is 0 Å². The number of hydrogen-bond acceptors (Lipinski definition) is 3. The van der Waals surface area contributed by atoms with Gasteiger partial charge in [0.2, 0.25) is 0 Å². The zero-order chi connectivity index (χ0) is 16.4. The normalized spacial score (nSPS) is 11.1. The average molecular weight is 311 g/mol. The molecule has 0 atom stereocenters. The summed E-state index contributed by atoms with van der Waals surface area (Å²) in [7, 11) is 0. The number of carbonyl (C=O) groups is 1. The molecule has 0 spiro atoms. The number of aryl methyl sites for hydroxylation is 3. The summed E-state index contributed by atoms with van der Waals surface area (Å²) in [5, 5.41) is 15.6. The van der Waals surface area contributed by atoms with Crippen LogP contribution in [0.25, 0.3) is 10.9 Å². The minimum absolute atomic E-state index is 0.111. The lowest BCUT2D eigenvalue weighted by Gasteiger charge is -2.03. The lowest BCUT2D eigenvalue weighted by molar-refractivity contribution is 0.0950. The van der Waals surface area contributed by atoms with Crippen molar-refractivity contribution in [3.05, 3.63) is 46.9 Å². The quantitative estimate of drug-likeness (QED) is 0.760. The Balaban J connectivity index is 1.74. The highest BCUT2D eigenvalue weighted by Gasteiger charge is 2.14. The van der Waals surface area contributed by atoms with Crippen LogP contribution < -0.4 is 5.32 Å². The molecule has 3 aromatic rings. The second-order valence-electron chi connectivity index (χ2n) is 5.80. The van der Waals surface area contributed by atoms with Gasteiger partial charge in [-0.2, -0.15) is 10.2 Å². The van der Waals surface area contributed by atoms with E-state index in [1.54, 1.807) is 0 Å². The summed E-state index contributed by atoms with van der Waals surface area (Å²) >= 11 is 0. The van der Waals surface area contributed by atoms with Crippen LogP contribution in [0.2, 0.25) is 0 Å². The van der Waals surface area contributed by atoms with Gasteiger partial charge in [0.15, 0.2) is 0 Å². The van der Waals surface area contributed by atoms with Crippen LogP contribution in [-0.4, -0.2) is 25.9 Å². The van der Waals surface area contributed by atoms with Crippen molar-refractivity contribution in [1.82, 2.24) is 25.3 Å². The Kier molecular flexibility index (Phi) is 4.14. The van der Waals surface area contributed by atoms with Crippen LogP contribution in [0.5, 0.6) is 0 Å². The van der Waals surface area contributed by atoms with Crippen molar-refractivity contribution in [2.24, 2.45) is 0 Å². The minimum atomic E-state index is -0.111. The van der Waals surface area contributed by atoms with Crippen LogP contribution in [0.4, 0.5) is 0 Å². The van der Waals surface area contributed by atoms with Crippen molar-refractivity contribution in [3.8, 4) is 0 Å². The summed E-state index contributed by atoms with van der Waals surface area (Å²) in [5.74, 6) is -0.111. The first-order valence-corrected chi connectivity index (χ1v) is 7.84. The van der Waals surface area contributed by atoms with Gasteiger partial charge >= 0.3 is 0 Å². The summed E-state index contributed by atoms with van der Waals surface area (Å²) in [4.78, 5) is 12.4. The van der Waals surface area contributed by atoms with Crippen LogP contribution in [0.1, 0.15) is 40.7 Å². The number of benzene rings is 1. The molecule has 6 nitrogen and oxygen atoms in total. The number of fused-ring (bicyclic) bond motifs is 1. The molecule has 2 N–H and O–H groups in total. The number of aromatic nitrogens is 4. The Labute approximate surface area is 134 Å². The molecule has 1 aromatic carbocycles. The molecule has 0 aliphatic carbocycles. The van der Waals surface area contributed by atoms with Crippen LogP contribution >= 0.6 is 0 Å². The van der Waals surface area contributed by atoms with Crippen LogP contribution in [-0.2, 0) is 13.1 Å². The van der Waals surface area contributed by atoms with Crippen LogP contribution in [0.3, 0.4) is 0 Å². The van der Waals surface area contributed by atoms with Crippen molar-refractivity contribution in [1.29, 1.82) is 0 Å². The summed E-state index contributed by atoms with van der Waals surface area (Å²) < 4.78 is 1.82. The first-order chi connectivity index (χ1) is 11.1. The summed E-state index contributed by atoms with van der Waals surface area (Å²) in [6, 6.07) is 6.08. The molecule has 0 bridgehead atoms. The fourth-order valence-corrected chi connectivity index (χ4v) is 2.66. The van der Waals surface area contributed by atoms with Crippen molar-refractivity contribution in [2.75, 3.05) is 0 Å². The van der Waals surface area contributed by atoms with Gasteiger partial charge in [-0.05, 0) is 32.4 Å². The Bertz CT molecular complexity index is 846. The van der Waals surface area contributed by atoms with Crippen molar-refractivity contribution < 1.29 is 4.79 Å². The van der Waals surface area contributed by atoms with Crippen LogP contribution in [0.15, 0.2) is 24.4 Å². The van der Waals surface area contributed by atoms with E-state index in [2.05, 4.69) is 33.6 Å². The fraction of sp³-hybridized carbons (Fsp3) is 0.353. The average Bonchev–Trinajstić information content (AvgIpc) is 3.08. The van der Waals surface area contributed by atoms with Crippen molar-refractivity contribution >= 4 is 16.8 Å². The molecule has 2 heterocycles. The molecule has 0 radical (unpaired) electrons. The number of nitrogens with one attached hydrogen (secondary N) is 2. The second kappa shape index (κ2) is 6.24. The number of aromatic amines is 1. The maximum absolute atomic E-state index is 12.4. The van der Waals surface area contributed by atoms with Gasteiger partial charge in [-0.25, -0.2) is 0 Å². The topological polar surface area (TPSA) is 75.6 Å². The maximum Gasteiger partial charge on any atom is 0.255 e. The van der Waals surface area contributed by atoms with Crippen LogP contribution in [0, 0.1) is 13.8 Å². The number of hydrogen-bond donors (Lipinski definition) is 2. The largest absolute Gasteiger partial charge is 0.346 e. The summed E-state index contributed by atoms with van der Waals surface area (Å²) in [6.07, 6.45) is 2.80. The lowest BCUT2D eigenvalue weighted by Crippen LogP contribution is -2.23. The van der Waals surface area contributed by atoms with Crippen molar-refractivity contribution in [3.63, 3.8) is 0 Å². The van der Waals surface area contributed by atoms with Gasteiger partial charge in [0.1, 0.15) is 0 Å². The minimum Gasteiger partial charge on any atom is -0.346 e. The Morgan fingerprint density at radius 2 is 2.17 bits per heavy atom. The van der Waals surface area contributed by atoms with E-state index in [0.29, 0.717) is 12.1 Å². The molecule has 1 amide bonds. The Morgan fingerprint density at radius 1 is 1.35 bits per heavy atom. The predicted molar refractivity (Wildman–Crippen MR) is 89.3 cm³/mol. The van der Waals surface area contributed by atoms with E-state index < -0.39 is 0 Å². The molecular formula is C17H21N5O. The predicted octanol–water partition coefficient (Wildman–Crippen LogP) is 2.72. The van der Waals surface area contributed by atoms with E-state index in [1.165, 1.54) is 5.56 Å². The van der Waals surface area contributed by atoms with Gasteiger partial charge in [-0.3, -0.25) is 14.6 Å². The molecule has 0 saturated heterocycles. The summed E-state index contributed by atoms with van der Waals surface area (Å²) in [5.41, 5.74) is 4.37. The SMILES string of the molecule is CCCn1cc(C(=O)NCc2[nH]nc3ccc(C)cc23)c(C)n1. The van der Waals surface area contributed by atoms with E-state index in [1.807, 2.05) is 36.9 Å². The molecule has 0 unspecified atom stereocenters. The first-order valence-electron chi connectivity index (χ1n) is 7.84. The monoisotopic (exact) mass is 311 g/mol. The number of nitrogens with zero attached hydrogens (tertiary/aromatic N) is 3. The van der Waals surface area contributed by atoms with Gasteiger partial charge in [0, 0.05) is 18.1 Å². The van der Waals surface area contributed by atoms with Gasteiger partial charge in [0.05, 0.1) is 29.0 Å². The van der Waals surface area contributed by atoms with Crippen molar-refractivity contribution in [2.45, 2.75) is 40.3 Å². The van der Waals surface area contributed by atoms with Gasteiger partial charge in [0.25, 0.3) is 5.91 Å². The van der Waals surface area contributed by atoms with Gasteiger partial charge in [-0.1, -0.05) is 18.6 Å². The molecule has 23 heavy (non-hydrogen) atoms. The molecule has 6 heteroatoms. The lowest BCUT2D eigenvalue weighted by atomic mass is 10.1. The number of carbonyl (C=O) groups excluding carboxylic acids is 1. The van der Waals surface area contributed by atoms with E-state index in [0.717, 1.165) is 35.3 Å². The van der Waals surface area contributed by atoms with Gasteiger partial charge < -0.3 is 5.32 Å². The van der Waals surface area contributed by atoms with E-state index in [-0.39, 0.29) is 5.91 Å². The molecule has 3 rings (SSSR count). The fourth-order valence-electron chi connectivity index (χ4n) is 2.66. The highest BCUT2D eigenvalue weighted by molar-refractivity contribution is 5.95. The number of H-pyrrole nitrogens is 1. The molecular weight excluding hydrogens is 290 g/mol. The van der Waals surface area contributed by atoms with E-state index in [9.17, 15) is 4.79 Å². The molecule has 0 saturated carbocycles. The third kappa shape index (κ3) is 3.11. The third-order valence-corrected chi connectivity index (χ3v) is 3.86. The zero-order valence-corrected chi connectivity index (χ0v) is 13.7. The zero-order valence-electron chi connectivity index (χ0n) is 13.7. The number of amides is 1. The summed E-state index contributed by atoms with van der Waals surface area (Å²) in [6.45, 7) is 7.22. The maximum atomic E-state index is 12.4. The third-order valence-electron chi connectivity index (χ3n) is 3.86. The molecule has 120 valence electrons. The Morgan fingerprint density at radius 3 is 2.96 bits per heavy atom. The molecule has 0 aliphatic rings. The highest BCUT2D eigenvalue weighted by atomic mass is 16.1. The molecule has 2 aromatic heterocycles. The van der Waals surface area contributed by atoms with Gasteiger partial charge in [-0.15, -0.1) is 0 Å². The smallest absolute Gasteiger partial charge is 0.255 e. The molecule has 0 fully saturated rings.